The minimum atomic E-state index is 0.555. The minimum absolute atomic E-state index is 0.555. The van der Waals surface area contributed by atoms with Gasteiger partial charge in [-0.3, -0.25) is 0 Å². The van der Waals surface area contributed by atoms with Crippen molar-refractivity contribution in [3.8, 4) is 0 Å². The number of anilines is 1. The van der Waals surface area contributed by atoms with Crippen LogP contribution in [0.25, 0.3) is 5.65 Å². The number of imidazole rings is 1. The number of hydrogen-bond acceptors (Lipinski definition) is 3. The van der Waals surface area contributed by atoms with E-state index in [2.05, 4.69) is 38.0 Å². The van der Waals surface area contributed by atoms with E-state index in [1.807, 2.05) is 29.6 Å². The summed E-state index contributed by atoms with van der Waals surface area (Å²) >= 11 is 14.1. The van der Waals surface area contributed by atoms with E-state index in [1.165, 1.54) is 0 Å². The Labute approximate surface area is 145 Å². The second kappa shape index (κ2) is 5.98. The van der Waals surface area contributed by atoms with Crippen molar-refractivity contribution >= 4 is 57.3 Å². The Hall–Kier alpha value is -1.05. The Morgan fingerprint density at radius 2 is 2.05 bits per heavy atom. The van der Waals surface area contributed by atoms with Crippen LogP contribution in [0.15, 0.2) is 30.5 Å². The van der Waals surface area contributed by atoms with Crippen LogP contribution in [0.5, 0.6) is 0 Å². The summed E-state index contributed by atoms with van der Waals surface area (Å²) in [6.07, 6.45) is 1.80. The van der Waals surface area contributed by atoms with Gasteiger partial charge in [-0.1, -0.05) is 29.3 Å². The van der Waals surface area contributed by atoms with E-state index < -0.39 is 0 Å². The number of benzene rings is 1. The molecule has 1 N–H and O–H groups in total. The molecule has 3 rings (SSSR count). The van der Waals surface area contributed by atoms with E-state index in [9.17, 15) is 0 Å². The fourth-order valence-electron chi connectivity index (χ4n) is 2.02. The number of halogens is 3. The number of fused-ring (bicyclic) bond motifs is 1. The summed E-state index contributed by atoms with van der Waals surface area (Å²) in [5.74, 6) is 0.794. The first-order chi connectivity index (χ1) is 10.0. The molecule has 21 heavy (non-hydrogen) atoms. The Morgan fingerprint density at radius 1 is 1.24 bits per heavy atom. The molecular weight excluding hydrogens is 422 g/mol. The lowest BCUT2D eigenvalue weighted by Gasteiger charge is -2.08. The molecular formula is C14H11Cl2IN4. The Balaban J connectivity index is 1.84. The first-order valence-corrected chi connectivity index (χ1v) is 8.07. The smallest absolute Gasteiger partial charge is 0.157 e. The van der Waals surface area contributed by atoms with Crippen molar-refractivity contribution in [3.05, 3.63) is 55.3 Å². The highest BCUT2D eigenvalue weighted by Crippen LogP contribution is 2.23. The molecule has 0 aliphatic heterocycles. The van der Waals surface area contributed by atoms with Crippen molar-refractivity contribution in [1.29, 1.82) is 0 Å². The average Bonchev–Trinajstić information content (AvgIpc) is 2.83. The molecule has 3 aromatic rings. The van der Waals surface area contributed by atoms with Gasteiger partial charge in [0, 0.05) is 6.54 Å². The van der Waals surface area contributed by atoms with Gasteiger partial charge in [0.1, 0.15) is 9.52 Å². The van der Waals surface area contributed by atoms with Gasteiger partial charge in [-0.25, -0.2) is 9.50 Å². The molecule has 0 atom stereocenters. The summed E-state index contributed by atoms with van der Waals surface area (Å²) in [5.41, 5.74) is 2.99. The monoisotopic (exact) mass is 432 g/mol. The summed E-state index contributed by atoms with van der Waals surface area (Å²) < 4.78 is 2.80. The van der Waals surface area contributed by atoms with E-state index in [1.54, 1.807) is 12.3 Å². The van der Waals surface area contributed by atoms with Gasteiger partial charge >= 0.3 is 0 Å². The average molecular weight is 433 g/mol. The predicted octanol–water partition coefficient (Wildman–Crippen LogP) is 4.56. The highest BCUT2D eigenvalue weighted by atomic mass is 127. The van der Waals surface area contributed by atoms with Crippen molar-refractivity contribution in [2.75, 3.05) is 5.32 Å². The maximum atomic E-state index is 6.02. The molecule has 0 aliphatic rings. The lowest BCUT2D eigenvalue weighted by molar-refractivity contribution is 0.899. The van der Waals surface area contributed by atoms with Crippen LogP contribution in [0, 0.1) is 10.6 Å². The molecule has 0 bridgehead atoms. The molecule has 108 valence electrons. The van der Waals surface area contributed by atoms with Crippen molar-refractivity contribution in [2.24, 2.45) is 0 Å². The zero-order valence-electron chi connectivity index (χ0n) is 11.1. The molecule has 0 saturated heterocycles. The highest BCUT2D eigenvalue weighted by molar-refractivity contribution is 14.1. The number of nitrogens with one attached hydrogen (secondary N) is 1. The van der Waals surface area contributed by atoms with Gasteiger partial charge in [0.05, 0.1) is 16.2 Å². The number of hydrogen-bond donors (Lipinski definition) is 1. The van der Waals surface area contributed by atoms with Crippen LogP contribution in [0.3, 0.4) is 0 Å². The summed E-state index contributed by atoms with van der Waals surface area (Å²) in [7, 11) is 0. The van der Waals surface area contributed by atoms with Gasteiger partial charge in [0.25, 0.3) is 0 Å². The Kier molecular flexibility index (Phi) is 4.24. The zero-order chi connectivity index (χ0) is 15.0. The maximum Gasteiger partial charge on any atom is 0.157 e. The van der Waals surface area contributed by atoms with Crippen molar-refractivity contribution in [1.82, 2.24) is 14.6 Å². The van der Waals surface area contributed by atoms with Gasteiger partial charge in [-0.05, 0) is 58.8 Å². The Morgan fingerprint density at radius 3 is 2.81 bits per heavy atom. The van der Waals surface area contributed by atoms with E-state index in [4.69, 9.17) is 23.2 Å². The first kappa shape index (κ1) is 14.9. The zero-order valence-corrected chi connectivity index (χ0v) is 14.7. The summed E-state index contributed by atoms with van der Waals surface area (Å²) in [6, 6.07) is 7.56. The summed E-state index contributed by atoms with van der Waals surface area (Å²) in [5, 5.41) is 8.93. The molecule has 0 radical (unpaired) electrons. The van der Waals surface area contributed by atoms with E-state index >= 15 is 0 Å². The van der Waals surface area contributed by atoms with Crippen LogP contribution < -0.4 is 5.32 Å². The molecule has 4 nitrogen and oxygen atoms in total. The third-order valence-corrected chi connectivity index (χ3v) is 4.54. The lowest BCUT2D eigenvalue weighted by atomic mass is 10.2. The van der Waals surface area contributed by atoms with E-state index in [0.717, 1.165) is 26.3 Å². The van der Waals surface area contributed by atoms with Crippen LogP contribution >= 0.6 is 45.8 Å². The molecule has 0 saturated carbocycles. The number of rotatable bonds is 3. The second-order valence-electron chi connectivity index (χ2n) is 4.63. The molecule has 0 unspecified atom stereocenters. The Bertz CT molecular complexity index is 816. The van der Waals surface area contributed by atoms with E-state index in [-0.39, 0.29) is 0 Å². The van der Waals surface area contributed by atoms with Crippen molar-refractivity contribution < 1.29 is 0 Å². The molecule has 2 aromatic heterocycles. The quantitative estimate of drug-likeness (QED) is 0.617. The fraction of sp³-hybridized carbons (Fsp3) is 0.143. The molecule has 0 amide bonds. The third-order valence-electron chi connectivity index (χ3n) is 3.07. The fourth-order valence-corrected chi connectivity index (χ4v) is 2.82. The molecule has 0 aliphatic carbocycles. The van der Waals surface area contributed by atoms with E-state index in [0.29, 0.717) is 16.6 Å². The highest BCUT2D eigenvalue weighted by Gasteiger charge is 2.07. The van der Waals surface area contributed by atoms with Crippen LogP contribution in [0.1, 0.15) is 11.1 Å². The maximum absolute atomic E-state index is 6.02. The van der Waals surface area contributed by atoms with Crippen LogP contribution in [0.2, 0.25) is 10.0 Å². The minimum Gasteiger partial charge on any atom is -0.365 e. The number of aryl methyl sites for hydroxylation is 1. The third kappa shape index (κ3) is 3.09. The molecule has 0 spiro atoms. The van der Waals surface area contributed by atoms with Gasteiger partial charge < -0.3 is 5.32 Å². The number of aromatic nitrogens is 3. The lowest BCUT2D eigenvalue weighted by Crippen LogP contribution is -2.06. The summed E-state index contributed by atoms with van der Waals surface area (Å²) in [6.45, 7) is 2.64. The van der Waals surface area contributed by atoms with Gasteiger partial charge in [-0.2, -0.15) is 0 Å². The largest absolute Gasteiger partial charge is 0.365 e. The van der Waals surface area contributed by atoms with Crippen LogP contribution in [-0.2, 0) is 6.54 Å². The molecule has 0 fully saturated rings. The topological polar surface area (TPSA) is 42.2 Å². The van der Waals surface area contributed by atoms with Crippen molar-refractivity contribution in [3.63, 3.8) is 0 Å². The predicted molar refractivity (Wildman–Crippen MR) is 94.2 cm³/mol. The SMILES string of the molecule is Cc1cc(NCc2ccc(Cl)c(Cl)c2)nn2c(I)cnc12. The van der Waals surface area contributed by atoms with Gasteiger partial charge in [0.15, 0.2) is 5.65 Å². The van der Waals surface area contributed by atoms with Crippen LogP contribution in [-0.4, -0.2) is 14.6 Å². The normalized spacial score (nSPS) is 11.0. The second-order valence-corrected chi connectivity index (χ2v) is 6.55. The molecule has 2 heterocycles. The first-order valence-electron chi connectivity index (χ1n) is 6.23. The molecule has 1 aromatic carbocycles. The number of nitrogens with zero attached hydrogens (tertiary/aromatic N) is 3. The van der Waals surface area contributed by atoms with Gasteiger partial charge in [0.2, 0.25) is 0 Å². The standard InChI is InChI=1S/C14H11Cl2IN4/c1-8-4-13(20-21-12(17)7-19-14(8)21)18-6-9-2-3-10(15)11(16)5-9/h2-5,7H,6H2,1H3,(H,18,20). The van der Waals surface area contributed by atoms with Crippen molar-refractivity contribution in [2.45, 2.75) is 13.5 Å². The van der Waals surface area contributed by atoms with Gasteiger partial charge in [-0.15, -0.1) is 5.10 Å². The molecule has 7 heteroatoms. The summed E-state index contributed by atoms with van der Waals surface area (Å²) in [4.78, 5) is 4.33. The van der Waals surface area contributed by atoms with Crippen LogP contribution in [0.4, 0.5) is 5.82 Å².